The summed E-state index contributed by atoms with van der Waals surface area (Å²) < 4.78 is 30.5. The monoisotopic (exact) mass is 336 g/mol. The third-order valence-corrected chi connectivity index (χ3v) is 5.98. The van der Waals surface area contributed by atoms with Gasteiger partial charge in [0, 0.05) is 6.42 Å². The highest BCUT2D eigenvalue weighted by Gasteiger charge is 2.28. The molecule has 126 valence electrons. The smallest absolute Gasteiger partial charge is 0.244 e. The van der Waals surface area contributed by atoms with E-state index >= 15 is 0 Å². The molecule has 0 amide bonds. The van der Waals surface area contributed by atoms with Crippen molar-refractivity contribution in [1.29, 1.82) is 0 Å². The Morgan fingerprint density at radius 3 is 2.70 bits per heavy atom. The molecule has 1 unspecified atom stereocenters. The zero-order valence-electron chi connectivity index (χ0n) is 14.2. The van der Waals surface area contributed by atoms with Crippen molar-refractivity contribution in [2.75, 3.05) is 0 Å². The van der Waals surface area contributed by atoms with Gasteiger partial charge in [-0.3, -0.25) is 0 Å². The quantitative estimate of drug-likeness (QED) is 0.770. The van der Waals surface area contributed by atoms with Gasteiger partial charge < -0.3 is 4.52 Å². The first-order valence-electron chi connectivity index (χ1n) is 7.93. The molecule has 1 aromatic heterocycles. The summed E-state index contributed by atoms with van der Waals surface area (Å²) in [5.41, 5.74) is 2.84. The summed E-state index contributed by atoms with van der Waals surface area (Å²) in [7, 11) is -3.41. The number of hydrogen-bond donors (Lipinski definition) is 0. The van der Waals surface area contributed by atoms with E-state index in [0.717, 1.165) is 29.5 Å². The number of sulfone groups is 1. The van der Waals surface area contributed by atoms with E-state index < -0.39 is 15.1 Å². The van der Waals surface area contributed by atoms with Crippen LogP contribution in [0.15, 0.2) is 22.7 Å². The summed E-state index contributed by atoms with van der Waals surface area (Å²) in [4.78, 5) is 4.24. The van der Waals surface area contributed by atoms with Gasteiger partial charge in [0.25, 0.3) is 0 Å². The van der Waals surface area contributed by atoms with Gasteiger partial charge in [0.15, 0.2) is 15.7 Å². The van der Waals surface area contributed by atoms with Gasteiger partial charge >= 0.3 is 0 Å². The molecule has 0 bridgehead atoms. The molecule has 0 aliphatic heterocycles. The van der Waals surface area contributed by atoms with Gasteiger partial charge in [-0.2, -0.15) is 4.98 Å². The number of nitrogens with zero attached hydrogens (tertiary/aromatic N) is 2. The van der Waals surface area contributed by atoms with Crippen molar-refractivity contribution in [3.8, 4) is 0 Å². The van der Waals surface area contributed by atoms with Crippen LogP contribution in [-0.4, -0.2) is 18.6 Å². The fourth-order valence-electron chi connectivity index (χ4n) is 2.32. The van der Waals surface area contributed by atoms with Crippen LogP contribution >= 0.6 is 0 Å². The largest absolute Gasteiger partial charge is 0.338 e. The highest BCUT2D eigenvalue weighted by atomic mass is 32.2. The second kappa shape index (κ2) is 7.25. The normalized spacial score (nSPS) is 13.2. The van der Waals surface area contributed by atoms with Crippen LogP contribution < -0.4 is 0 Å². The highest BCUT2D eigenvalue weighted by Crippen LogP contribution is 2.25. The molecule has 0 radical (unpaired) electrons. The Kier molecular flexibility index (Phi) is 5.57. The van der Waals surface area contributed by atoms with Crippen molar-refractivity contribution in [3.63, 3.8) is 0 Å². The lowest BCUT2D eigenvalue weighted by atomic mass is 10.1. The minimum Gasteiger partial charge on any atom is -0.338 e. The summed E-state index contributed by atoms with van der Waals surface area (Å²) in [6, 6.07) is 5.84. The maximum Gasteiger partial charge on any atom is 0.244 e. The minimum atomic E-state index is -3.41. The summed E-state index contributed by atoms with van der Waals surface area (Å²) in [6.45, 7) is 7.57. The van der Waals surface area contributed by atoms with Crippen molar-refractivity contribution in [2.24, 2.45) is 0 Å². The zero-order chi connectivity index (χ0) is 17.0. The lowest BCUT2D eigenvalue weighted by molar-refractivity contribution is 0.370. The van der Waals surface area contributed by atoms with Crippen molar-refractivity contribution >= 4 is 9.84 Å². The van der Waals surface area contributed by atoms with Crippen LogP contribution in [0.5, 0.6) is 0 Å². The average molecular weight is 336 g/mol. The third kappa shape index (κ3) is 4.41. The molecule has 1 heterocycles. The Bertz CT molecular complexity index is 766. The maximum absolute atomic E-state index is 12.7. The maximum atomic E-state index is 12.7. The summed E-state index contributed by atoms with van der Waals surface area (Å²) in [6.07, 6.45) is 2.71. The zero-order valence-corrected chi connectivity index (χ0v) is 15.0. The number of hydrogen-bond acceptors (Lipinski definition) is 5. The molecule has 1 aromatic carbocycles. The Morgan fingerprint density at radius 2 is 2.00 bits per heavy atom. The van der Waals surface area contributed by atoms with Crippen LogP contribution in [0.3, 0.4) is 0 Å². The number of aryl methyl sites for hydroxylation is 3. The summed E-state index contributed by atoms with van der Waals surface area (Å²) >= 11 is 0. The number of benzene rings is 1. The first-order valence-corrected chi connectivity index (χ1v) is 9.65. The predicted molar refractivity (Wildman–Crippen MR) is 89.9 cm³/mol. The van der Waals surface area contributed by atoms with Crippen molar-refractivity contribution < 1.29 is 12.9 Å². The molecule has 0 saturated heterocycles. The molecule has 0 saturated carbocycles. The lowest BCUT2D eigenvalue weighted by Gasteiger charge is -2.11. The molecule has 0 aliphatic carbocycles. The fraction of sp³-hybridized carbons (Fsp3) is 0.529. The Balaban J connectivity index is 2.18. The number of unbranched alkanes of at least 4 members (excludes halogenated alkanes) is 1. The van der Waals surface area contributed by atoms with Crippen molar-refractivity contribution in [3.05, 3.63) is 46.6 Å². The van der Waals surface area contributed by atoms with Crippen LogP contribution in [0.25, 0.3) is 0 Å². The van der Waals surface area contributed by atoms with Gasteiger partial charge in [-0.1, -0.05) is 42.3 Å². The fourth-order valence-corrected chi connectivity index (χ4v) is 3.72. The standard InChI is InChI=1S/C17H24N2O3S/c1-5-6-7-16-18-17(22-19-16)14(4)23(20,21)11-15-10-12(2)8-9-13(15)3/h8-10,14H,5-7,11H2,1-4H3. The molecular weight excluding hydrogens is 312 g/mol. The molecule has 2 aromatic rings. The Labute approximate surface area is 138 Å². The molecule has 0 N–H and O–H groups in total. The molecule has 0 fully saturated rings. The Hall–Kier alpha value is -1.69. The molecular formula is C17H24N2O3S. The van der Waals surface area contributed by atoms with Crippen LogP contribution in [0.2, 0.25) is 0 Å². The Morgan fingerprint density at radius 1 is 1.26 bits per heavy atom. The minimum absolute atomic E-state index is 0.0195. The molecule has 6 heteroatoms. The van der Waals surface area contributed by atoms with Gasteiger partial charge in [-0.25, -0.2) is 8.42 Å². The van der Waals surface area contributed by atoms with Gasteiger partial charge in [0.05, 0.1) is 5.75 Å². The van der Waals surface area contributed by atoms with E-state index in [9.17, 15) is 8.42 Å². The topological polar surface area (TPSA) is 73.1 Å². The number of rotatable bonds is 7. The van der Waals surface area contributed by atoms with Crippen LogP contribution in [-0.2, 0) is 22.0 Å². The van der Waals surface area contributed by atoms with Crippen LogP contribution in [0.1, 0.15) is 60.3 Å². The van der Waals surface area contributed by atoms with Crippen molar-refractivity contribution in [2.45, 2.75) is 58.0 Å². The van der Waals surface area contributed by atoms with E-state index in [2.05, 4.69) is 17.1 Å². The van der Waals surface area contributed by atoms with E-state index in [1.807, 2.05) is 32.0 Å². The first kappa shape index (κ1) is 17.7. The van der Waals surface area contributed by atoms with Gasteiger partial charge in [-0.05, 0) is 38.3 Å². The number of aromatic nitrogens is 2. The van der Waals surface area contributed by atoms with Gasteiger partial charge in [0.2, 0.25) is 5.89 Å². The van der Waals surface area contributed by atoms with Crippen LogP contribution in [0, 0.1) is 13.8 Å². The third-order valence-electron chi connectivity index (χ3n) is 3.99. The van der Waals surface area contributed by atoms with E-state index in [1.165, 1.54) is 0 Å². The molecule has 5 nitrogen and oxygen atoms in total. The summed E-state index contributed by atoms with van der Waals surface area (Å²) in [5, 5.41) is 3.08. The molecule has 23 heavy (non-hydrogen) atoms. The predicted octanol–water partition coefficient (Wildman–Crippen LogP) is 3.71. The molecule has 0 spiro atoms. The lowest BCUT2D eigenvalue weighted by Crippen LogP contribution is -2.14. The highest BCUT2D eigenvalue weighted by molar-refractivity contribution is 7.90. The van der Waals surface area contributed by atoms with E-state index in [0.29, 0.717) is 12.2 Å². The second-order valence-electron chi connectivity index (χ2n) is 6.03. The average Bonchev–Trinajstić information content (AvgIpc) is 2.96. The van der Waals surface area contributed by atoms with Crippen molar-refractivity contribution in [1.82, 2.24) is 10.1 Å². The van der Waals surface area contributed by atoms with Crippen LogP contribution in [0.4, 0.5) is 0 Å². The van der Waals surface area contributed by atoms with E-state index in [4.69, 9.17) is 4.52 Å². The van der Waals surface area contributed by atoms with Gasteiger partial charge in [0.1, 0.15) is 5.25 Å². The molecule has 1 atom stereocenters. The molecule has 0 aliphatic rings. The second-order valence-corrected chi connectivity index (χ2v) is 8.35. The van der Waals surface area contributed by atoms with E-state index in [-0.39, 0.29) is 11.6 Å². The molecule has 2 rings (SSSR count). The van der Waals surface area contributed by atoms with Gasteiger partial charge in [-0.15, -0.1) is 0 Å². The SMILES string of the molecule is CCCCc1noc(C(C)S(=O)(=O)Cc2cc(C)ccc2C)n1. The first-order chi connectivity index (χ1) is 10.8. The van der Waals surface area contributed by atoms with E-state index in [1.54, 1.807) is 6.92 Å². The summed E-state index contributed by atoms with van der Waals surface area (Å²) in [5.74, 6) is 0.742.